The van der Waals surface area contributed by atoms with Gasteiger partial charge in [-0.25, -0.2) is 0 Å². The fourth-order valence-electron chi connectivity index (χ4n) is 2.31. The van der Waals surface area contributed by atoms with Crippen LogP contribution in [0.2, 0.25) is 0 Å². The molecule has 1 amide bonds. The lowest BCUT2D eigenvalue weighted by Gasteiger charge is -2.36. The lowest BCUT2D eigenvalue weighted by atomic mass is 9.66. The number of anilines is 1. The molecule has 0 aromatic heterocycles. The number of nitrogens with one attached hydrogen (secondary N) is 1. The van der Waals surface area contributed by atoms with Crippen LogP contribution in [0.5, 0.6) is 0 Å². The molecule has 4 nitrogen and oxygen atoms in total. The van der Waals surface area contributed by atoms with Crippen molar-refractivity contribution in [3.8, 4) is 0 Å². The maximum Gasteiger partial charge on any atom is 0.310 e. The summed E-state index contributed by atoms with van der Waals surface area (Å²) in [6, 6.07) is 7.48. The van der Waals surface area contributed by atoms with Gasteiger partial charge in [0, 0.05) is 12.1 Å². The summed E-state index contributed by atoms with van der Waals surface area (Å²) in [5.41, 5.74) is 0.956. The zero-order chi connectivity index (χ0) is 13.2. The summed E-state index contributed by atoms with van der Waals surface area (Å²) < 4.78 is 0. The SMILES string of the molecule is Cc1cccc(NC(=O)CC2(C(=O)O)CCC2)c1. The summed E-state index contributed by atoms with van der Waals surface area (Å²) in [5, 5.41) is 11.9. The predicted octanol–water partition coefficient (Wildman–Crippen LogP) is 2.58. The molecule has 0 radical (unpaired) electrons. The number of carboxylic acids is 1. The zero-order valence-electron chi connectivity index (χ0n) is 10.4. The number of carbonyl (C=O) groups is 2. The number of carboxylic acid groups (broad SMARTS) is 1. The van der Waals surface area contributed by atoms with Crippen LogP contribution in [0.25, 0.3) is 0 Å². The highest BCUT2D eigenvalue weighted by molar-refractivity contribution is 5.94. The molecule has 1 aromatic carbocycles. The van der Waals surface area contributed by atoms with Gasteiger partial charge in [0.05, 0.1) is 5.41 Å². The molecule has 4 heteroatoms. The molecule has 1 saturated carbocycles. The van der Waals surface area contributed by atoms with Crippen molar-refractivity contribution in [2.75, 3.05) is 5.32 Å². The molecule has 96 valence electrons. The maximum absolute atomic E-state index is 11.9. The molecule has 2 rings (SSSR count). The Morgan fingerprint density at radius 3 is 2.61 bits per heavy atom. The summed E-state index contributed by atoms with van der Waals surface area (Å²) in [6.45, 7) is 1.94. The first-order valence-electron chi connectivity index (χ1n) is 6.12. The predicted molar refractivity (Wildman–Crippen MR) is 68.3 cm³/mol. The average molecular weight is 247 g/mol. The number of benzene rings is 1. The van der Waals surface area contributed by atoms with Gasteiger partial charge in [-0.15, -0.1) is 0 Å². The number of hydrogen-bond acceptors (Lipinski definition) is 2. The summed E-state index contributed by atoms with van der Waals surface area (Å²) in [7, 11) is 0. The summed E-state index contributed by atoms with van der Waals surface area (Å²) in [4.78, 5) is 23.0. The van der Waals surface area contributed by atoms with Gasteiger partial charge in [-0.05, 0) is 37.5 Å². The van der Waals surface area contributed by atoms with Crippen LogP contribution < -0.4 is 5.32 Å². The lowest BCUT2D eigenvalue weighted by molar-refractivity contribution is -0.157. The highest BCUT2D eigenvalue weighted by atomic mass is 16.4. The minimum Gasteiger partial charge on any atom is -0.481 e. The van der Waals surface area contributed by atoms with Crippen LogP contribution in [-0.4, -0.2) is 17.0 Å². The Morgan fingerprint density at radius 2 is 2.11 bits per heavy atom. The molecule has 0 unspecified atom stereocenters. The van der Waals surface area contributed by atoms with Crippen molar-refractivity contribution in [1.29, 1.82) is 0 Å². The van der Waals surface area contributed by atoms with Crippen LogP contribution >= 0.6 is 0 Å². The first-order valence-corrected chi connectivity index (χ1v) is 6.12. The summed E-state index contributed by atoms with van der Waals surface area (Å²) >= 11 is 0. The van der Waals surface area contributed by atoms with Crippen LogP contribution in [0.15, 0.2) is 24.3 Å². The minimum absolute atomic E-state index is 0.0657. The van der Waals surface area contributed by atoms with Crippen molar-refractivity contribution in [2.24, 2.45) is 5.41 Å². The Balaban J connectivity index is 1.99. The Kier molecular flexibility index (Phi) is 3.36. The molecular weight excluding hydrogens is 230 g/mol. The molecule has 2 N–H and O–H groups in total. The largest absolute Gasteiger partial charge is 0.481 e. The van der Waals surface area contributed by atoms with Crippen molar-refractivity contribution in [2.45, 2.75) is 32.6 Å². The number of carbonyl (C=O) groups excluding carboxylic acids is 1. The van der Waals surface area contributed by atoms with E-state index in [4.69, 9.17) is 5.11 Å². The molecule has 0 saturated heterocycles. The van der Waals surface area contributed by atoms with Gasteiger partial charge >= 0.3 is 5.97 Å². The average Bonchev–Trinajstić information content (AvgIpc) is 2.23. The van der Waals surface area contributed by atoms with Crippen LogP contribution in [0, 0.1) is 12.3 Å². The van der Waals surface area contributed by atoms with E-state index in [1.807, 2.05) is 25.1 Å². The van der Waals surface area contributed by atoms with E-state index in [2.05, 4.69) is 5.32 Å². The number of rotatable bonds is 4. The van der Waals surface area contributed by atoms with Gasteiger partial charge in [-0.1, -0.05) is 18.6 Å². The minimum atomic E-state index is -0.854. The monoisotopic (exact) mass is 247 g/mol. The molecule has 0 aliphatic heterocycles. The first-order chi connectivity index (χ1) is 8.52. The molecule has 1 aliphatic rings. The van der Waals surface area contributed by atoms with Gasteiger partial charge in [0.2, 0.25) is 5.91 Å². The molecule has 0 atom stereocenters. The number of hydrogen-bond donors (Lipinski definition) is 2. The van der Waals surface area contributed by atoms with Gasteiger partial charge in [0.1, 0.15) is 0 Å². The molecule has 0 heterocycles. The van der Waals surface area contributed by atoms with Crippen molar-refractivity contribution in [3.63, 3.8) is 0 Å². The van der Waals surface area contributed by atoms with Crippen LogP contribution in [0.3, 0.4) is 0 Å². The van der Waals surface area contributed by atoms with Crippen molar-refractivity contribution >= 4 is 17.6 Å². The van der Waals surface area contributed by atoms with E-state index in [1.165, 1.54) is 0 Å². The molecule has 0 spiro atoms. The van der Waals surface area contributed by atoms with Crippen molar-refractivity contribution in [3.05, 3.63) is 29.8 Å². The molecule has 1 fully saturated rings. The fraction of sp³-hybridized carbons (Fsp3) is 0.429. The molecule has 1 aliphatic carbocycles. The quantitative estimate of drug-likeness (QED) is 0.859. The van der Waals surface area contributed by atoms with Gasteiger partial charge in [0.15, 0.2) is 0 Å². The van der Waals surface area contributed by atoms with Gasteiger partial charge in [0.25, 0.3) is 0 Å². The van der Waals surface area contributed by atoms with Gasteiger partial charge in [-0.2, -0.15) is 0 Å². The number of aryl methyl sites for hydroxylation is 1. The third-order valence-corrected chi connectivity index (χ3v) is 3.57. The Hall–Kier alpha value is -1.84. The normalized spacial score (nSPS) is 16.7. The highest BCUT2D eigenvalue weighted by Gasteiger charge is 2.45. The Bertz CT molecular complexity index is 478. The zero-order valence-corrected chi connectivity index (χ0v) is 10.4. The smallest absolute Gasteiger partial charge is 0.310 e. The number of amides is 1. The molecule has 18 heavy (non-hydrogen) atoms. The van der Waals surface area contributed by atoms with Gasteiger partial charge < -0.3 is 10.4 Å². The molecule has 0 bridgehead atoms. The Labute approximate surface area is 106 Å². The standard InChI is InChI=1S/C14H17NO3/c1-10-4-2-5-11(8-10)15-12(16)9-14(13(17)18)6-3-7-14/h2,4-5,8H,3,6-7,9H2,1H3,(H,15,16)(H,17,18). The van der Waals surface area contributed by atoms with Crippen LogP contribution in [0.1, 0.15) is 31.2 Å². The lowest BCUT2D eigenvalue weighted by Crippen LogP contribution is -2.41. The van der Waals surface area contributed by atoms with Crippen LogP contribution in [-0.2, 0) is 9.59 Å². The maximum atomic E-state index is 11.9. The third kappa shape index (κ3) is 2.53. The van der Waals surface area contributed by atoms with E-state index in [9.17, 15) is 9.59 Å². The van der Waals surface area contributed by atoms with E-state index >= 15 is 0 Å². The van der Waals surface area contributed by atoms with E-state index in [0.717, 1.165) is 17.7 Å². The van der Waals surface area contributed by atoms with E-state index < -0.39 is 11.4 Å². The first kappa shape index (κ1) is 12.6. The van der Waals surface area contributed by atoms with Crippen LogP contribution in [0.4, 0.5) is 5.69 Å². The van der Waals surface area contributed by atoms with E-state index in [0.29, 0.717) is 12.8 Å². The third-order valence-electron chi connectivity index (χ3n) is 3.57. The topological polar surface area (TPSA) is 66.4 Å². The second-order valence-corrected chi connectivity index (χ2v) is 5.03. The summed E-state index contributed by atoms with van der Waals surface area (Å²) in [5.74, 6) is -1.07. The van der Waals surface area contributed by atoms with Crippen molar-refractivity contribution < 1.29 is 14.7 Å². The second-order valence-electron chi connectivity index (χ2n) is 5.03. The van der Waals surface area contributed by atoms with E-state index in [1.54, 1.807) is 6.07 Å². The fourth-order valence-corrected chi connectivity index (χ4v) is 2.31. The summed E-state index contributed by atoms with van der Waals surface area (Å²) in [6.07, 6.45) is 2.16. The second kappa shape index (κ2) is 4.80. The molecular formula is C14H17NO3. The Morgan fingerprint density at radius 1 is 1.39 bits per heavy atom. The van der Waals surface area contributed by atoms with E-state index in [-0.39, 0.29) is 12.3 Å². The molecule has 1 aromatic rings. The number of aliphatic carboxylic acids is 1. The van der Waals surface area contributed by atoms with Crippen molar-refractivity contribution in [1.82, 2.24) is 0 Å². The van der Waals surface area contributed by atoms with Gasteiger partial charge in [-0.3, -0.25) is 9.59 Å². The highest BCUT2D eigenvalue weighted by Crippen LogP contribution is 2.44.